The lowest BCUT2D eigenvalue weighted by atomic mass is 10.0. The van der Waals surface area contributed by atoms with Crippen molar-refractivity contribution in [2.45, 2.75) is 30.8 Å². The number of likely N-dealkylation sites (N-methyl/N-ethyl adjacent to an activating group) is 1. The van der Waals surface area contributed by atoms with Crippen molar-refractivity contribution in [1.82, 2.24) is 10.2 Å². The number of amides is 2. The van der Waals surface area contributed by atoms with E-state index in [0.717, 1.165) is 15.4 Å². The zero-order chi connectivity index (χ0) is 30.1. The highest BCUT2D eigenvalue weighted by molar-refractivity contribution is 7.92. The summed E-state index contributed by atoms with van der Waals surface area (Å²) in [4.78, 5) is 29.2. The molecule has 1 atom stereocenters. The molecular formula is C32H31Cl2N3O4S. The van der Waals surface area contributed by atoms with Gasteiger partial charge in [0, 0.05) is 29.6 Å². The fourth-order valence-corrected chi connectivity index (χ4v) is 6.18. The first kappa shape index (κ1) is 31.1. The van der Waals surface area contributed by atoms with E-state index in [1.165, 1.54) is 17.0 Å². The number of benzene rings is 4. The first-order valence-electron chi connectivity index (χ1n) is 13.4. The lowest BCUT2D eigenvalue weighted by Gasteiger charge is -2.33. The third-order valence-corrected chi connectivity index (χ3v) is 8.90. The number of anilines is 1. The number of nitrogens with one attached hydrogen (secondary N) is 1. The molecule has 0 aliphatic heterocycles. The maximum atomic E-state index is 14.3. The minimum Gasteiger partial charge on any atom is -0.355 e. The van der Waals surface area contributed by atoms with E-state index in [9.17, 15) is 18.0 Å². The summed E-state index contributed by atoms with van der Waals surface area (Å²) in [6, 6.07) is 29.5. The molecule has 2 amide bonds. The minimum atomic E-state index is -4.16. The van der Waals surface area contributed by atoms with Gasteiger partial charge in [-0.2, -0.15) is 0 Å². The van der Waals surface area contributed by atoms with E-state index in [2.05, 4.69) is 5.32 Å². The van der Waals surface area contributed by atoms with Crippen molar-refractivity contribution in [3.8, 4) is 0 Å². The molecule has 0 unspecified atom stereocenters. The van der Waals surface area contributed by atoms with Gasteiger partial charge in [-0.15, -0.1) is 0 Å². The molecule has 42 heavy (non-hydrogen) atoms. The van der Waals surface area contributed by atoms with Gasteiger partial charge in [0.2, 0.25) is 11.8 Å². The number of hydrogen-bond donors (Lipinski definition) is 1. The average Bonchev–Trinajstić information content (AvgIpc) is 3.00. The summed E-state index contributed by atoms with van der Waals surface area (Å²) in [5.41, 5.74) is 1.86. The van der Waals surface area contributed by atoms with Crippen LogP contribution in [0.25, 0.3) is 0 Å². The van der Waals surface area contributed by atoms with Crippen molar-refractivity contribution in [2.24, 2.45) is 0 Å². The van der Waals surface area contributed by atoms with Gasteiger partial charge in [-0.1, -0.05) is 83.9 Å². The second kappa shape index (κ2) is 14.4. The molecule has 0 bridgehead atoms. The maximum Gasteiger partial charge on any atom is 0.264 e. The third-order valence-electron chi connectivity index (χ3n) is 6.61. The lowest BCUT2D eigenvalue weighted by molar-refractivity contribution is -0.140. The Kier molecular flexibility index (Phi) is 10.6. The van der Waals surface area contributed by atoms with Gasteiger partial charge in [0.05, 0.1) is 10.6 Å². The zero-order valence-corrected chi connectivity index (χ0v) is 25.3. The fraction of sp³-hybridized carbons (Fsp3) is 0.188. The van der Waals surface area contributed by atoms with Crippen LogP contribution in [0.1, 0.15) is 18.1 Å². The Balaban J connectivity index is 1.78. The van der Waals surface area contributed by atoms with E-state index >= 15 is 0 Å². The highest BCUT2D eigenvalue weighted by Crippen LogP contribution is 2.26. The van der Waals surface area contributed by atoms with Gasteiger partial charge in [0.15, 0.2) is 0 Å². The molecule has 10 heteroatoms. The summed E-state index contributed by atoms with van der Waals surface area (Å²) in [6.45, 7) is 1.69. The van der Waals surface area contributed by atoms with E-state index < -0.39 is 28.5 Å². The van der Waals surface area contributed by atoms with E-state index in [4.69, 9.17) is 23.2 Å². The molecule has 0 saturated heterocycles. The molecule has 0 heterocycles. The van der Waals surface area contributed by atoms with Crippen molar-refractivity contribution >= 4 is 50.7 Å². The summed E-state index contributed by atoms with van der Waals surface area (Å²) in [6.07, 6.45) is 0.235. The molecule has 0 saturated carbocycles. The Hall–Kier alpha value is -3.85. The Bertz CT molecular complexity index is 1580. The van der Waals surface area contributed by atoms with Crippen LogP contribution in [0.15, 0.2) is 114 Å². The Morgan fingerprint density at radius 2 is 1.31 bits per heavy atom. The molecular weight excluding hydrogens is 593 g/mol. The van der Waals surface area contributed by atoms with Gasteiger partial charge in [-0.3, -0.25) is 13.9 Å². The fourth-order valence-electron chi connectivity index (χ4n) is 4.49. The van der Waals surface area contributed by atoms with Gasteiger partial charge in [-0.25, -0.2) is 8.42 Å². The van der Waals surface area contributed by atoms with Gasteiger partial charge in [0.25, 0.3) is 10.0 Å². The van der Waals surface area contributed by atoms with Gasteiger partial charge in [0.1, 0.15) is 12.6 Å². The van der Waals surface area contributed by atoms with E-state index in [0.29, 0.717) is 16.6 Å². The highest BCUT2D eigenvalue weighted by Gasteiger charge is 2.34. The molecule has 0 aromatic heterocycles. The molecule has 0 fully saturated rings. The second-order valence-corrected chi connectivity index (χ2v) is 12.3. The number of halogens is 2. The smallest absolute Gasteiger partial charge is 0.264 e. The van der Waals surface area contributed by atoms with Crippen LogP contribution in [0.4, 0.5) is 5.69 Å². The second-order valence-electron chi connectivity index (χ2n) is 9.55. The molecule has 0 aliphatic carbocycles. The zero-order valence-electron chi connectivity index (χ0n) is 23.0. The van der Waals surface area contributed by atoms with Crippen LogP contribution >= 0.6 is 23.2 Å². The number of hydrogen-bond acceptors (Lipinski definition) is 4. The van der Waals surface area contributed by atoms with Crippen molar-refractivity contribution in [3.05, 3.63) is 130 Å². The predicted molar refractivity (Wildman–Crippen MR) is 167 cm³/mol. The Morgan fingerprint density at radius 1 is 0.762 bits per heavy atom. The van der Waals surface area contributed by atoms with Crippen molar-refractivity contribution in [1.29, 1.82) is 0 Å². The SMILES string of the molecule is CCNC(=O)[C@H](Cc1ccccc1)N(Cc1ccc(Cl)cc1)C(=O)CN(c1ccc(Cl)cc1)S(=O)(=O)c1ccccc1. The Morgan fingerprint density at radius 3 is 1.88 bits per heavy atom. The molecule has 4 rings (SSSR count). The topological polar surface area (TPSA) is 86.8 Å². The summed E-state index contributed by atoms with van der Waals surface area (Å²) >= 11 is 12.2. The first-order valence-corrected chi connectivity index (χ1v) is 15.6. The van der Waals surface area contributed by atoms with Crippen LogP contribution in [0.3, 0.4) is 0 Å². The quantitative estimate of drug-likeness (QED) is 0.211. The molecule has 4 aromatic rings. The van der Waals surface area contributed by atoms with Crippen LogP contribution in [-0.4, -0.2) is 44.3 Å². The van der Waals surface area contributed by atoms with Crippen LogP contribution in [-0.2, 0) is 32.6 Å². The summed E-state index contributed by atoms with van der Waals surface area (Å²) in [7, 11) is -4.16. The van der Waals surface area contributed by atoms with E-state index in [1.54, 1.807) is 73.7 Å². The molecule has 0 radical (unpaired) electrons. The summed E-state index contributed by atoms with van der Waals surface area (Å²) in [5, 5.41) is 3.80. The van der Waals surface area contributed by atoms with Crippen molar-refractivity contribution < 1.29 is 18.0 Å². The number of rotatable bonds is 12. The summed E-state index contributed by atoms with van der Waals surface area (Å²) in [5.74, 6) is -0.890. The van der Waals surface area contributed by atoms with Crippen molar-refractivity contribution in [3.63, 3.8) is 0 Å². The van der Waals surface area contributed by atoms with Crippen LogP contribution < -0.4 is 9.62 Å². The number of nitrogens with zero attached hydrogens (tertiary/aromatic N) is 2. The van der Waals surface area contributed by atoms with Crippen LogP contribution in [0.2, 0.25) is 10.0 Å². The normalized spacial score (nSPS) is 11.9. The highest BCUT2D eigenvalue weighted by atomic mass is 35.5. The number of carbonyl (C=O) groups is 2. The molecule has 7 nitrogen and oxygen atoms in total. The molecule has 1 N–H and O–H groups in total. The molecule has 0 spiro atoms. The van der Waals surface area contributed by atoms with Gasteiger partial charge < -0.3 is 10.2 Å². The van der Waals surface area contributed by atoms with E-state index in [-0.39, 0.29) is 29.5 Å². The number of carbonyl (C=O) groups excluding carboxylic acids is 2. The predicted octanol–water partition coefficient (Wildman–Crippen LogP) is 5.96. The van der Waals surface area contributed by atoms with Crippen LogP contribution in [0, 0.1) is 0 Å². The number of sulfonamides is 1. The van der Waals surface area contributed by atoms with Gasteiger partial charge in [-0.05, 0) is 66.6 Å². The monoisotopic (exact) mass is 623 g/mol. The van der Waals surface area contributed by atoms with Crippen LogP contribution in [0.5, 0.6) is 0 Å². The largest absolute Gasteiger partial charge is 0.355 e. The van der Waals surface area contributed by atoms with E-state index in [1.807, 2.05) is 30.3 Å². The third kappa shape index (κ3) is 7.91. The first-order chi connectivity index (χ1) is 20.2. The molecule has 4 aromatic carbocycles. The Labute approximate surface area is 256 Å². The van der Waals surface area contributed by atoms with Crippen molar-refractivity contribution in [2.75, 3.05) is 17.4 Å². The standard InChI is InChI=1S/C32H31Cl2N3O4S/c1-2-35-32(39)30(21-24-9-5-3-6-10-24)36(22-25-13-15-26(33)16-14-25)31(38)23-37(28-19-17-27(34)18-20-28)42(40,41)29-11-7-4-8-12-29/h3-20,30H,2,21-23H2,1H3,(H,35,39)/t30-/m0/s1. The molecule has 218 valence electrons. The van der Waals surface area contributed by atoms with Gasteiger partial charge >= 0.3 is 0 Å². The minimum absolute atomic E-state index is 0.0292. The maximum absolute atomic E-state index is 14.3. The molecule has 0 aliphatic rings. The average molecular weight is 625 g/mol. The lowest BCUT2D eigenvalue weighted by Crippen LogP contribution is -2.53. The summed E-state index contributed by atoms with van der Waals surface area (Å²) < 4.78 is 28.8.